The number of carbonyl (C=O) groups is 1. The van der Waals surface area contributed by atoms with E-state index in [0.29, 0.717) is 16.5 Å². The Kier molecular flexibility index (Phi) is 6.26. The number of amides is 1. The van der Waals surface area contributed by atoms with E-state index in [-0.39, 0.29) is 23.3 Å². The summed E-state index contributed by atoms with van der Waals surface area (Å²) >= 11 is 1.32. The van der Waals surface area contributed by atoms with Crippen molar-refractivity contribution in [2.45, 2.75) is 45.3 Å². The first-order chi connectivity index (χ1) is 13.8. The lowest BCUT2D eigenvalue weighted by molar-refractivity contribution is -0.113. The largest absolute Gasteiger partial charge is 0.319 e. The predicted molar refractivity (Wildman–Crippen MR) is 115 cm³/mol. The van der Waals surface area contributed by atoms with Crippen LogP contribution in [0.4, 0.5) is 5.69 Å². The van der Waals surface area contributed by atoms with Gasteiger partial charge >= 0.3 is 0 Å². The summed E-state index contributed by atoms with van der Waals surface area (Å²) in [6, 6.07) is 9.55. The fourth-order valence-electron chi connectivity index (χ4n) is 3.18. The Morgan fingerprint density at radius 3 is 2.52 bits per heavy atom. The molecule has 0 spiro atoms. The number of nitrogens with zero attached hydrogens (tertiary/aromatic N) is 5. The molecule has 2 aromatic heterocycles. The summed E-state index contributed by atoms with van der Waals surface area (Å²) in [7, 11) is 1.80. The number of thioether (sulfide) groups is 1. The Morgan fingerprint density at radius 1 is 1.21 bits per heavy atom. The van der Waals surface area contributed by atoms with E-state index in [1.54, 1.807) is 16.4 Å². The van der Waals surface area contributed by atoms with Gasteiger partial charge in [-0.1, -0.05) is 36.9 Å². The summed E-state index contributed by atoms with van der Waals surface area (Å²) in [5, 5.41) is 11.9. The minimum atomic E-state index is -0.256. The molecule has 0 fully saturated rings. The van der Waals surface area contributed by atoms with Crippen LogP contribution in [0.25, 0.3) is 5.69 Å². The zero-order valence-electron chi connectivity index (χ0n) is 17.3. The van der Waals surface area contributed by atoms with E-state index in [4.69, 9.17) is 0 Å². The molecular weight excluding hydrogens is 388 g/mol. The van der Waals surface area contributed by atoms with Crippen LogP contribution in [-0.4, -0.2) is 35.8 Å². The number of carbonyl (C=O) groups excluding carboxylic acids is 1. The fourth-order valence-corrected chi connectivity index (χ4v) is 4.07. The normalized spacial score (nSPS) is 11.2. The molecule has 1 N–H and O–H groups in total. The maximum Gasteiger partial charge on any atom is 0.295 e. The highest BCUT2D eigenvalue weighted by atomic mass is 32.2. The van der Waals surface area contributed by atoms with Crippen LogP contribution in [0.5, 0.6) is 0 Å². The molecular formula is C20H26N6O2S. The first-order valence-corrected chi connectivity index (χ1v) is 10.5. The Morgan fingerprint density at radius 2 is 1.90 bits per heavy atom. The van der Waals surface area contributed by atoms with Crippen LogP contribution >= 0.6 is 11.8 Å². The van der Waals surface area contributed by atoms with Gasteiger partial charge in [-0.05, 0) is 32.9 Å². The minimum absolute atomic E-state index is 0.147. The second-order valence-electron chi connectivity index (χ2n) is 6.99. The highest BCUT2D eigenvalue weighted by molar-refractivity contribution is 7.99. The predicted octanol–water partition coefficient (Wildman–Crippen LogP) is 2.95. The summed E-state index contributed by atoms with van der Waals surface area (Å²) in [5.41, 5.74) is 1.47. The van der Waals surface area contributed by atoms with Crippen molar-refractivity contribution in [1.29, 1.82) is 0 Å². The van der Waals surface area contributed by atoms with Crippen molar-refractivity contribution in [3.05, 3.63) is 52.2 Å². The Bertz CT molecular complexity index is 1060. The van der Waals surface area contributed by atoms with E-state index >= 15 is 0 Å². The molecule has 0 aliphatic heterocycles. The lowest BCUT2D eigenvalue weighted by Gasteiger charge is -2.12. The molecule has 0 bridgehead atoms. The molecule has 3 aromatic rings. The van der Waals surface area contributed by atoms with Gasteiger partial charge in [0, 0.05) is 19.5 Å². The number of para-hydroxylation sites is 1. The van der Waals surface area contributed by atoms with Crippen molar-refractivity contribution < 1.29 is 4.79 Å². The van der Waals surface area contributed by atoms with E-state index in [0.717, 1.165) is 17.9 Å². The molecule has 0 saturated carbocycles. The number of hydrogen-bond acceptors (Lipinski definition) is 5. The van der Waals surface area contributed by atoms with Crippen molar-refractivity contribution in [1.82, 2.24) is 24.1 Å². The molecule has 154 valence electrons. The Balaban J connectivity index is 1.77. The molecule has 0 radical (unpaired) electrons. The molecule has 2 heterocycles. The molecule has 0 aliphatic rings. The first-order valence-electron chi connectivity index (χ1n) is 9.55. The molecule has 3 rings (SSSR count). The van der Waals surface area contributed by atoms with E-state index < -0.39 is 0 Å². The van der Waals surface area contributed by atoms with E-state index in [1.807, 2.05) is 48.7 Å². The number of nitrogens with one attached hydrogen (secondary N) is 1. The van der Waals surface area contributed by atoms with E-state index in [1.165, 1.54) is 11.8 Å². The average Bonchev–Trinajstić information content (AvgIpc) is 3.22. The number of anilines is 1. The van der Waals surface area contributed by atoms with Crippen molar-refractivity contribution in [3.8, 4) is 5.69 Å². The highest BCUT2D eigenvalue weighted by Gasteiger charge is 2.19. The second-order valence-corrected chi connectivity index (χ2v) is 7.93. The molecule has 0 saturated heterocycles. The van der Waals surface area contributed by atoms with Crippen molar-refractivity contribution in [3.63, 3.8) is 0 Å². The van der Waals surface area contributed by atoms with Gasteiger partial charge in [-0.3, -0.25) is 14.3 Å². The van der Waals surface area contributed by atoms with Gasteiger partial charge < -0.3 is 9.88 Å². The smallest absolute Gasteiger partial charge is 0.295 e. The SMILES string of the molecule is CCc1nnc(SCC(=O)Nc2c(C)n(C)n(-c3ccccc3)c2=O)n1C(C)C. The average molecular weight is 415 g/mol. The van der Waals surface area contributed by atoms with Crippen LogP contribution in [0.3, 0.4) is 0 Å². The van der Waals surface area contributed by atoms with E-state index in [2.05, 4.69) is 29.4 Å². The highest BCUT2D eigenvalue weighted by Crippen LogP contribution is 2.22. The fraction of sp³-hybridized carbons (Fsp3) is 0.400. The van der Waals surface area contributed by atoms with Gasteiger partial charge in [-0.25, -0.2) is 4.68 Å². The van der Waals surface area contributed by atoms with Crippen LogP contribution in [0.15, 0.2) is 40.3 Å². The van der Waals surface area contributed by atoms with Gasteiger partial charge in [-0.15, -0.1) is 10.2 Å². The van der Waals surface area contributed by atoms with Gasteiger partial charge in [0.2, 0.25) is 5.91 Å². The molecule has 8 nitrogen and oxygen atoms in total. The Hall–Kier alpha value is -2.81. The summed E-state index contributed by atoms with van der Waals surface area (Å²) in [6.07, 6.45) is 0.778. The third-order valence-corrected chi connectivity index (χ3v) is 5.66. The monoisotopic (exact) mass is 414 g/mol. The van der Waals surface area contributed by atoms with Crippen LogP contribution in [0.1, 0.15) is 38.3 Å². The molecule has 0 aliphatic carbocycles. The summed E-state index contributed by atoms with van der Waals surface area (Å²) in [4.78, 5) is 25.5. The number of benzene rings is 1. The van der Waals surface area contributed by atoms with Crippen LogP contribution in [-0.2, 0) is 18.3 Å². The van der Waals surface area contributed by atoms with Gasteiger partial charge in [-0.2, -0.15) is 0 Å². The molecule has 9 heteroatoms. The summed E-state index contributed by atoms with van der Waals surface area (Å²) < 4.78 is 5.32. The van der Waals surface area contributed by atoms with Crippen LogP contribution < -0.4 is 10.9 Å². The van der Waals surface area contributed by atoms with E-state index in [9.17, 15) is 9.59 Å². The van der Waals surface area contributed by atoms with Crippen molar-refractivity contribution >= 4 is 23.4 Å². The Labute approximate surface area is 173 Å². The number of hydrogen-bond donors (Lipinski definition) is 1. The summed E-state index contributed by atoms with van der Waals surface area (Å²) in [6.45, 7) is 7.96. The maximum absolute atomic E-state index is 12.9. The molecule has 0 unspecified atom stereocenters. The molecule has 0 atom stereocenters. The topological polar surface area (TPSA) is 86.7 Å². The van der Waals surface area contributed by atoms with Gasteiger partial charge in [0.15, 0.2) is 5.16 Å². The lowest BCUT2D eigenvalue weighted by atomic mass is 10.3. The molecule has 1 amide bonds. The zero-order valence-corrected chi connectivity index (χ0v) is 18.2. The van der Waals surface area contributed by atoms with Crippen molar-refractivity contribution in [2.75, 3.05) is 11.1 Å². The summed E-state index contributed by atoms with van der Waals surface area (Å²) in [5.74, 6) is 0.790. The van der Waals surface area contributed by atoms with Crippen LogP contribution in [0, 0.1) is 6.92 Å². The van der Waals surface area contributed by atoms with Crippen LogP contribution in [0.2, 0.25) is 0 Å². The molecule has 1 aromatic carbocycles. The minimum Gasteiger partial charge on any atom is -0.319 e. The standard InChI is InChI=1S/C20H26N6O2S/c1-6-16-22-23-20(25(16)13(2)3)29-12-17(27)21-18-14(4)24(5)26(19(18)28)15-10-8-7-9-11-15/h7-11,13H,6,12H2,1-5H3,(H,21,27). The van der Waals surface area contributed by atoms with Gasteiger partial charge in [0.1, 0.15) is 11.5 Å². The number of rotatable bonds is 7. The second kappa shape index (κ2) is 8.69. The number of aryl methyl sites for hydroxylation is 1. The number of aromatic nitrogens is 5. The quantitative estimate of drug-likeness (QED) is 0.601. The molecule has 29 heavy (non-hydrogen) atoms. The zero-order chi connectivity index (χ0) is 21.1. The van der Waals surface area contributed by atoms with Gasteiger partial charge in [0.05, 0.1) is 17.1 Å². The van der Waals surface area contributed by atoms with Gasteiger partial charge in [0.25, 0.3) is 5.56 Å². The first kappa shape index (κ1) is 20.9. The third kappa shape index (κ3) is 4.14. The lowest BCUT2D eigenvalue weighted by Crippen LogP contribution is -2.23. The van der Waals surface area contributed by atoms with Crippen molar-refractivity contribution in [2.24, 2.45) is 7.05 Å². The maximum atomic E-state index is 12.9. The third-order valence-electron chi connectivity index (χ3n) is 4.72.